The maximum Gasteiger partial charge on any atom is 0.323 e. The molecule has 2 aliphatic rings. The summed E-state index contributed by atoms with van der Waals surface area (Å²) in [5.74, 6) is -3.13. The quantitative estimate of drug-likeness (QED) is 0.0113. The second-order valence-corrected chi connectivity index (χ2v) is 41.3. The van der Waals surface area contributed by atoms with Crippen molar-refractivity contribution in [2.45, 2.75) is 261 Å². The van der Waals surface area contributed by atoms with Crippen LogP contribution < -0.4 is 85.9 Å². The highest BCUT2D eigenvalue weighted by Crippen LogP contribution is 2.42. The van der Waals surface area contributed by atoms with E-state index in [0.717, 1.165) is 51.4 Å². The number of esters is 4. The van der Waals surface area contributed by atoms with E-state index in [1.54, 1.807) is 87.5 Å². The summed E-state index contributed by atoms with van der Waals surface area (Å²) in [5.41, 5.74) is 22.3. The number of nitrogens with two attached hydrogens (primary N) is 4. The minimum atomic E-state index is -3.51. The molecule has 56 heteroatoms. The Bertz CT molecular complexity index is 5420. The Balaban J connectivity index is 0.000000241. The molecule has 0 amide bonds. The van der Waals surface area contributed by atoms with E-state index in [1.165, 1.54) is 66.9 Å². The highest BCUT2D eigenvalue weighted by atomic mass is 31.2. The van der Waals surface area contributed by atoms with E-state index in [4.69, 9.17) is 60.8 Å². The minimum Gasteiger partial charge on any atom is -0.462 e. The van der Waals surface area contributed by atoms with E-state index in [-0.39, 0.29) is 171 Å². The van der Waals surface area contributed by atoms with Crippen LogP contribution in [0.2, 0.25) is 0 Å². The van der Waals surface area contributed by atoms with Crippen molar-refractivity contribution < 1.29 is 94.5 Å². The Hall–Kier alpha value is -10.4. The summed E-state index contributed by atoms with van der Waals surface area (Å²) in [6.45, 7) is 26.2. The Labute approximate surface area is 757 Å². The van der Waals surface area contributed by atoms with Gasteiger partial charge in [-0.3, -0.25) is 95.7 Å². The van der Waals surface area contributed by atoms with Crippen molar-refractivity contribution in [3.63, 3.8) is 0 Å². The Morgan fingerprint density at radius 1 is 0.348 bits per heavy atom. The molecule has 8 aromatic rings. The van der Waals surface area contributed by atoms with Gasteiger partial charge in [0.05, 0.1) is 88.1 Å². The van der Waals surface area contributed by atoms with Gasteiger partial charge in [0, 0.05) is 26.2 Å². The predicted molar refractivity (Wildman–Crippen MR) is 487 cm³/mol. The van der Waals surface area contributed by atoms with Crippen molar-refractivity contribution in [3.05, 3.63) is 66.7 Å². The average Bonchev–Trinajstić information content (AvgIpc) is 1.67. The monoisotopic (exact) mass is 1940 g/mol. The molecule has 8 heterocycles. The van der Waals surface area contributed by atoms with E-state index >= 15 is 0 Å². The molecule has 0 radical (unpaired) electrons. The first-order valence-corrected chi connectivity index (χ1v) is 50.1. The van der Waals surface area contributed by atoms with Crippen LogP contribution in [-0.2, 0) is 121 Å². The van der Waals surface area contributed by atoms with E-state index in [0.29, 0.717) is 22.6 Å². The molecule has 2 aliphatic carbocycles. The first kappa shape index (κ1) is 109. The lowest BCUT2D eigenvalue weighted by Crippen LogP contribution is -2.42. The highest BCUT2D eigenvalue weighted by molar-refractivity contribution is 7.60. The number of rotatable bonds is 48. The standard InChI is InChI=1S/2C20H32N7O6P.2C18H30N7O6P/c2*1-12(14(3)28)25-34(31,26-13(2)19(30)33-15-6-4-5-7-15)11-32-9-8-27-10-22-16-17(27)23-20(21)24-18(16)29;2*1-10(2)31-17(28)12(4)24-32(29,23-11(3)13(5)26)9-30-7-6-25-8-20-14-15(25)21-18(19)22-16(14)27/h2*10,12-13,15H,4-9,11H2,1-3H3,(H2,25,26,31)(H3,21,23,24,29);2*8,10-12H,6-7,9H2,1-5H3,(H2,23,24,29)(H3,19,21,22,27)/t12-,13+,34?;12-,13-,34?;11-,12+,32?;11-,12-,32?/m0000/s1. The smallest absolute Gasteiger partial charge is 0.323 e. The molecule has 52 nitrogen and oxygen atoms in total. The number of carbonyl (C=O) groups is 8. The van der Waals surface area contributed by atoms with Gasteiger partial charge in [0.1, 0.15) is 84.9 Å². The van der Waals surface area contributed by atoms with Crippen LogP contribution >= 0.6 is 29.8 Å². The highest BCUT2D eigenvalue weighted by Gasteiger charge is 2.37. The summed E-state index contributed by atoms with van der Waals surface area (Å²) < 4.78 is 104. The lowest BCUT2D eigenvalue weighted by Gasteiger charge is -2.26. The third kappa shape index (κ3) is 33.6. The molecule has 8 aromatic heterocycles. The molecular formula is C76H124N28O24P4. The van der Waals surface area contributed by atoms with Crippen LogP contribution in [0.15, 0.2) is 44.5 Å². The van der Waals surface area contributed by atoms with Crippen molar-refractivity contribution in [3.8, 4) is 0 Å². The number of anilines is 4. The van der Waals surface area contributed by atoms with Gasteiger partial charge in [-0.15, -0.1) is 0 Å². The number of H-pyrrole nitrogens is 4. The molecular weight excluding hydrogens is 1810 g/mol. The second kappa shape index (κ2) is 50.1. The van der Waals surface area contributed by atoms with Gasteiger partial charge in [0.15, 0.2) is 44.7 Å². The Morgan fingerprint density at radius 2 is 0.545 bits per heavy atom. The fraction of sp³-hybridized carbons (Fsp3) is 0.632. The molecule has 4 unspecified atom stereocenters. The molecule has 12 atom stereocenters. The zero-order valence-electron chi connectivity index (χ0n) is 76.6. The molecule has 20 N–H and O–H groups in total. The molecule has 0 spiro atoms. The fourth-order valence-electron chi connectivity index (χ4n) is 12.7. The second-order valence-electron chi connectivity index (χ2n) is 32.3. The average molecular weight is 1940 g/mol. The van der Waals surface area contributed by atoms with Crippen LogP contribution in [-0.4, -0.2) is 250 Å². The van der Waals surface area contributed by atoms with E-state index in [9.17, 15) is 75.8 Å². The molecule has 732 valence electrons. The Kier molecular flexibility index (Phi) is 41.2. The number of nitrogen functional groups attached to an aromatic ring is 4. The number of aromatic amines is 4. The van der Waals surface area contributed by atoms with Gasteiger partial charge >= 0.3 is 23.9 Å². The first-order valence-electron chi connectivity index (χ1n) is 42.5. The van der Waals surface area contributed by atoms with Gasteiger partial charge in [-0.2, -0.15) is 19.9 Å². The predicted octanol–water partition coefficient (Wildman–Crippen LogP) is 2.53. The molecule has 132 heavy (non-hydrogen) atoms. The summed E-state index contributed by atoms with van der Waals surface area (Å²) in [6.07, 6.45) is 11.1. The number of fused-ring (bicyclic) bond motifs is 4. The largest absolute Gasteiger partial charge is 0.462 e. The fourth-order valence-corrected chi connectivity index (χ4v) is 21.3. The molecule has 2 fully saturated rings. The molecule has 0 saturated heterocycles. The number of nitrogens with one attached hydrogen (secondary N) is 12. The van der Waals surface area contributed by atoms with Crippen molar-refractivity contribution in [2.75, 3.05) is 74.8 Å². The minimum absolute atomic E-state index is 0.0326. The number of hydrogen-bond acceptors (Lipinski definition) is 36. The molecule has 2 saturated carbocycles. The first-order chi connectivity index (χ1) is 62.0. The number of Topliss-reactive ketones (excluding diaryl/α,β-unsaturated/α-hetero) is 4. The van der Waals surface area contributed by atoms with Gasteiger partial charge in [-0.05, 0) is 162 Å². The van der Waals surface area contributed by atoms with Crippen LogP contribution in [0, 0.1) is 0 Å². The van der Waals surface area contributed by atoms with Gasteiger partial charge < -0.3 is 79.1 Å². The zero-order chi connectivity index (χ0) is 97.9. The van der Waals surface area contributed by atoms with E-state index < -0.39 is 124 Å². The topological polar surface area (TPSA) is 733 Å². The number of ketones is 4. The van der Waals surface area contributed by atoms with E-state index in [2.05, 4.69) is 101 Å². The van der Waals surface area contributed by atoms with Crippen LogP contribution in [0.25, 0.3) is 44.7 Å². The zero-order valence-corrected chi connectivity index (χ0v) is 80.2. The maximum atomic E-state index is 13.5. The normalized spacial score (nSPS) is 16.7. The number of aromatic nitrogens is 16. The molecule has 10 rings (SSSR count). The lowest BCUT2D eigenvalue weighted by atomic mass is 10.3. The van der Waals surface area contributed by atoms with Crippen LogP contribution in [0.5, 0.6) is 0 Å². The van der Waals surface area contributed by atoms with Crippen molar-refractivity contribution in [1.29, 1.82) is 0 Å². The SMILES string of the molecule is CC(=O)[C@H](C)NP(=O)(COCCn1cnc2c(=O)[nH]c(N)nc21)N[C@@H](C)C(=O)OC(C)C.CC(=O)[C@H](C)NP(=O)(COCCn1cnc2c(=O)[nH]c(N)nc21)N[C@@H](C)C(=O)OC1CCCC1.CC(=O)[C@H](C)NP(=O)(COCCn1cnc2c(=O)[nH]c(N)nc21)N[C@H](C)C(=O)OC(C)C.CC(=O)[C@H](C)NP(=O)(COCCn1cnc2c(=O)[nH]c(N)nc21)N[C@H](C)C(=O)OC1CCCC1. The Morgan fingerprint density at radius 3 is 0.742 bits per heavy atom. The molecule has 0 aromatic carbocycles. The molecule has 0 bridgehead atoms. The van der Waals surface area contributed by atoms with E-state index in [1.807, 2.05) is 0 Å². The van der Waals surface area contributed by atoms with Gasteiger partial charge in [0.2, 0.25) is 53.6 Å². The molecule has 0 aliphatic heterocycles. The lowest BCUT2D eigenvalue weighted by molar-refractivity contribution is -0.151. The van der Waals surface area contributed by atoms with Crippen LogP contribution in [0.1, 0.15) is 162 Å². The van der Waals surface area contributed by atoms with Gasteiger partial charge in [-0.1, -0.05) is 0 Å². The maximum absolute atomic E-state index is 13.5. The summed E-state index contributed by atoms with van der Waals surface area (Å²) >= 11 is 0. The van der Waals surface area contributed by atoms with Gasteiger partial charge in [-0.25, -0.2) is 60.6 Å². The summed E-state index contributed by atoms with van der Waals surface area (Å²) in [5, 5.41) is 22.1. The van der Waals surface area contributed by atoms with Gasteiger partial charge in [0.25, 0.3) is 22.2 Å². The van der Waals surface area contributed by atoms with Crippen LogP contribution in [0.3, 0.4) is 0 Å². The summed E-state index contributed by atoms with van der Waals surface area (Å²) in [7, 11) is -14.1. The van der Waals surface area contributed by atoms with Crippen LogP contribution in [0.4, 0.5) is 23.8 Å². The van der Waals surface area contributed by atoms with Crippen molar-refractivity contribution in [2.24, 2.45) is 0 Å². The third-order valence-corrected chi connectivity index (χ3v) is 28.5. The third-order valence-electron chi connectivity index (χ3n) is 19.9. The summed E-state index contributed by atoms with van der Waals surface area (Å²) in [4.78, 5) is 185. The number of carbonyl (C=O) groups excluding carboxylic acids is 8. The number of ether oxygens (including phenoxy) is 8. The number of hydrogen-bond donors (Lipinski definition) is 16. The van der Waals surface area contributed by atoms with Crippen molar-refractivity contribution >= 4 is 145 Å². The number of imidazole rings is 4. The number of nitrogens with zero attached hydrogens (tertiary/aromatic N) is 12. The van der Waals surface area contributed by atoms with Crippen molar-refractivity contribution in [1.82, 2.24) is 119 Å². The summed E-state index contributed by atoms with van der Waals surface area (Å²) in [6, 6.07) is -6.38.